The molecule has 0 aliphatic rings. The smallest absolute Gasteiger partial charge is 0.0991 e. The van der Waals surface area contributed by atoms with Crippen LogP contribution in [0.25, 0.3) is 90.1 Å². The average molecular weight is 633 g/mol. The second-order valence-electron chi connectivity index (χ2n) is 12.0. The molecule has 10 rings (SSSR count). The molecule has 2 nitrogen and oxygen atoms in total. The minimum absolute atomic E-state index is 0.675. The van der Waals surface area contributed by atoms with Gasteiger partial charge in [-0.1, -0.05) is 91.0 Å². The molecule has 0 aliphatic carbocycles. The van der Waals surface area contributed by atoms with Gasteiger partial charge in [-0.3, -0.25) is 0 Å². The number of benzene rings is 7. The molecule has 0 N–H and O–H groups in total. The number of fused-ring (bicyclic) bond motifs is 9. The molecule has 0 aliphatic heterocycles. The van der Waals surface area contributed by atoms with Crippen molar-refractivity contribution in [3.05, 3.63) is 151 Å². The van der Waals surface area contributed by atoms with Gasteiger partial charge in [0.25, 0.3) is 0 Å². The molecule has 0 bridgehead atoms. The van der Waals surface area contributed by atoms with Gasteiger partial charge in [-0.05, 0) is 71.3 Å². The summed E-state index contributed by atoms with van der Waals surface area (Å²) in [4.78, 5) is 0. The third-order valence-corrected chi connectivity index (χ3v) is 11.8. The minimum atomic E-state index is 0.675. The van der Waals surface area contributed by atoms with Crippen molar-refractivity contribution < 1.29 is 0 Å². The number of aromatic nitrogens is 1. The lowest BCUT2D eigenvalue weighted by atomic mass is 9.95. The lowest BCUT2D eigenvalue weighted by molar-refractivity contribution is 1.20. The third-order valence-electron chi connectivity index (χ3n) is 9.42. The molecule has 10 aromatic rings. The second-order valence-corrected chi connectivity index (χ2v) is 14.1. The zero-order chi connectivity index (χ0) is 31.1. The van der Waals surface area contributed by atoms with E-state index in [9.17, 15) is 5.26 Å². The largest absolute Gasteiger partial charge is 0.308 e. The summed E-state index contributed by atoms with van der Waals surface area (Å²) in [5, 5.41) is 17.1. The van der Waals surface area contributed by atoms with Crippen LogP contribution in [0.1, 0.15) is 5.56 Å². The van der Waals surface area contributed by atoms with Crippen molar-refractivity contribution in [2.75, 3.05) is 0 Å². The van der Waals surface area contributed by atoms with E-state index in [4.69, 9.17) is 0 Å². The van der Waals surface area contributed by atoms with Gasteiger partial charge in [0.05, 0.1) is 33.1 Å². The van der Waals surface area contributed by atoms with E-state index in [1.807, 2.05) is 34.8 Å². The van der Waals surface area contributed by atoms with Gasteiger partial charge in [-0.25, -0.2) is 0 Å². The highest BCUT2D eigenvalue weighted by atomic mass is 32.1. The molecule has 0 amide bonds. The zero-order valence-corrected chi connectivity index (χ0v) is 26.7. The summed E-state index contributed by atoms with van der Waals surface area (Å²) in [6.45, 7) is 0. The van der Waals surface area contributed by atoms with E-state index < -0.39 is 0 Å². The van der Waals surface area contributed by atoms with Gasteiger partial charge in [0.15, 0.2) is 0 Å². The molecule has 3 heterocycles. The Morgan fingerprint density at radius 3 is 2.11 bits per heavy atom. The van der Waals surface area contributed by atoms with Crippen molar-refractivity contribution >= 4 is 84.8 Å². The summed E-state index contributed by atoms with van der Waals surface area (Å²) in [6, 6.07) is 54.8. The summed E-state index contributed by atoms with van der Waals surface area (Å²) in [5.41, 5.74) is 9.01. The highest BCUT2D eigenvalue weighted by molar-refractivity contribution is 7.27. The molecule has 218 valence electrons. The molecule has 7 aromatic carbocycles. The predicted octanol–water partition coefficient (Wildman–Crippen LogP) is 12.7. The first-order chi connectivity index (χ1) is 23.2. The highest BCUT2D eigenvalue weighted by Crippen LogP contribution is 2.46. The first-order valence-electron chi connectivity index (χ1n) is 15.7. The highest BCUT2D eigenvalue weighted by Gasteiger charge is 2.19. The normalized spacial score (nSPS) is 11.8. The number of rotatable bonds is 3. The molecule has 0 radical (unpaired) electrons. The molecule has 0 atom stereocenters. The summed E-state index contributed by atoms with van der Waals surface area (Å²) in [6.07, 6.45) is 0. The Hall–Kier alpha value is -5.73. The van der Waals surface area contributed by atoms with Crippen molar-refractivity contribution in [3.8, 4) is 34.0 Å². The molecule has 47 heavy (non-hydrogen) atoms. The molecular weight excluding hydrogens is 609 g/mol. The van der Waals surface area contributed by atoms with Crippen LogP contribution in [-0.2, 0) is 0 Å². The quantitative estimate of drug-likeness (QED) is 0.190. The van der Waals surface area contributed by atoms with E-state index >= 15 is 0 Å². The lowest BCUT2D eigenvalue weighted by Gasteiger charge is -2.10. The Morgan fingerprint density at radius 1 is 0.447 bits per heavy atom. The second kappa shape index (κ2) is 10.1. The number of hydrogen-bond acceptors (Lipinski definition) is 3. The Bertz CT molecular complexity index is 2920. The molecule has 0 unspecified atom stereocenters. The molecule has 3 aromatic heterocycles. The maximum Gasteiger partial charge on any atom is 0.0991 e. The Kier molecular flexibility index (Phi) is 5.71. The van der Waals surface area contributed by atoms with Gasteiger partial charge in [-0.15, -0.1) is 22.7 Å². The molecule has 0 saturated heterocycles. The first kappa shape index (κ1) is 26.5. The van der Waals surface area contributed by atoms with E-state index in [2.05, 4.69) is 144 Å². The van der Waals surface area contributed by atoms with Crippen molar-refractivity contribution in [3.63, 3.8) is 0 Å². The van der Waals surface area contributed by atoms with Gasteiger partial charge in [0.2, 0.25) is 0 Å². The van der Waals surface area contributed by atoms with Crippen LogP contribution in [0.2, 0.25) is 0 Å². The zero-order valence-electron chi connectivity index (χ0n) is 25.1. The fourth-order valence-corrected chi connectivity index (χ4v) is 9.73. The predicted molar refractivity (Wildman–Crippen MR) is 202 cm³/mol. The fraction of sp³-hybridized carbons (Fsp3) is 0. The number of para-hydroxylation sites is 1. The van der Waals surface area contributed by atoms with Crippen LogP contribution in [0.15, 0.2) is 146 Å². The number of nitriles is 1. The van der Waals surface area contributed by atoms with Gasteiger partial charge >= 0.3 is 0 Å². The number of nitrogens with zero attached hydrogens (tertiary/aromatic N) is 2. The van der Waals surface area contributed by atoms with Gasteiger partial charge in [0, 0.05) is 52.0 Å². The Labute approximate surface area is 278 Å². The minimum Gasteiger partial charge on any atom is -0.308 e. The maximum atomic E-state index is 9.67. The van der Waals surface area contributed by atoms with Crippen molar-refractivity contribution in [2.24, 2.45) is 0 Å². The average Bonchev–Trinajstić information content (AvgIpc) is 3.80. The van der Waals surface area contributed by atoms with Gasteiger partial charge < -0.3 is 4.57 Å². The van der Waals surface area contributed by atoms with Crippen LogP contribution >= 0.6 is 22.7 Å². The molecule has 0 saturated carbocycles. The van der Waals surface area contributed by atoms with Crippen molar-refractivity contribution in [1.82, 2.24) is 4.57 Å². The third kappa shape index (κ3) is 3.95. The van der Waals surface area contributed by atoms with E-state index in [-0.39, 0.29) is 0 Å². The molecule has 0 fully saturated rings. The topological polar surface area (TPSA) is 28.7 Å². The summed E-state index contributed by atoms with van der Waals surface area (Å²) < 4.78 is 7.56. The maximum absolute atomic E-state index is 9.67. The van der Waals surface area contributed by atoms with Crippen molar-refractivity contribution in [2.45, 2.75) is 0 Å². The first-order valence-corrected chi connectivity index (χ1v) is 17.3. The van der Waals surface area contributed by atoms with E-state index in [0.717, 1.165) is 27.5 Å². The van der Waals surface area contributed by atoms with Crippen LogP contribution in [0.3, 0.4) is 0 Å². The van der Waals surface area contributed by atoms with Crippen LogP contribution in [0.4, 0.5) is 0 Å². The molecular formula is C43H24N2S2. The Morgan fingerprint density at radius 2 is 1.21 bits per heavy atom. The SMILES string of the molecule is N#Cc1ccc2c(c1)c1ccccc1n2-c1cccc2c1sc1c(-c3ccccc3)cc(-c3ccc4c(c3)sc3ccccc34)cc12. The summed E-state index contributed by atoms with van der Waals surface area (Å²) in [5.74, 6) is 0. The summed E-state index contributed by atoms with van der Waals surface area (Å²) >= 11 is 3.74. The number of hydrogen-bond donors (Lipinski definition) is 0. The van der Waals surface area contributed by atoms with Crippen LogP contribution in [0, 0.1) is 11.3 Å². The summed E-state index contributed by atoms with van der Waals surface area (Å²) in [7, 11) is 0. The van der Waals surface area contributed by atoms with Crippen LogP contribution in [-0.4, -0.2) is 4.57 Å². The van der Waals surface area contributed by atoms with Gasteiger partial charge in [0.1, 0.15) is 0 Å². The Balaban J connectivity index is 1.27. The van der Waals surface area contributed by atoms with Crippen LogP contribution in [0.5, 0.6) is 0 Å². The van der Waals surface area contributed by atoms with E-state index in [1.165, 1.54) is 62.6 Å². The fourth-order valence-electron chi connectivity index (χ4n) is 7.27. The standard InChI is InChI=1S/C43H24N2S2/c44-25-26-17-20-38-35(21-26)30-11-4-6-14-37(30)45(38)39-15-8-13-33-36-23-29(22-34(42(36)47-43(33)39)27-9-2-1-3-10-27)28-18-19-32-31-12-5-7-16-40(31)46-41(32)24-28/h1-24H. The molecule has 0 spiro atoms. The lowest BCUT2D eigenvalue weighted by Crippen LogP contribution is -1.93. The van der Waals surface area contributed by atoms with Gasteiger partial charge in [-0.2, -0.15) is 5.26 Å². The van der Waals surface area contributed by atoms with E-state index in [0.29, 0.717) is 5.56 Å². The van der Waals surface area contributed by atoms with Crippen LogP contribution < -0.4 is 0 Å². The molecule has 4 heteroatoms. The van der Waals surface area contributed by atoms with E-state index in [1.54, 1.807) is 0 Å². The number of thiophene rings is 2. The van der Waals surface area contributed by atoms with Crippen molar-refractivity contribution in [1.29, 1.82) is 5.26 Å². The monoisotopic (exact) mass is 632 g/mol.